The van der Waals surface area contributed by atoms with Gasteiger partial charge in [0.25, 0.3) is 5.91 Å². The molecule has 1 N–H and O–H groups in total. The van der Waals surface area contributed by atoms with Gasteiger partial charge >= 0.3 is 6.09 Å². The summed E-state index contributed by atoms with van der Waals surface area (Å²) in [5, 5.41) is 3.00. The van der Waals surface area contributed by atoms with E-state index in [0.717, 1.165) is 25.7 Å². The Bertz CT molecular complexity index is 979. The van der Waals surface area contributed by atoms with Crippen LogP contribution in [0.1, 0.15) is 63.2 Å². The van der Waals surface area contributed by atoms with Crippen LogP contribution in [0.15, 0.2) is 35.9 Å². The van der Waals surface area contributed by atoms with Gasteiger partial charge in [-0.1, -0.05) is 17.7 Å². The summed E-state index contributed by atoms with van der Waals surface area (Å²) >= 11 is 0. The Balaban J connectivity index is 1.35. The number of piperidine rings is 1. The fourth-order valence-corrected chi connectivity index (χ4v) is 5.06. The van der Waals surface area contributed by atoms with E-state index in [1.807, 2.05) is 25.7 Å². The van der Waals surface area contributed by atoms with Crippen LogP contribution in [0.3, 0.4) is 0 Å². The highest BCUT2D eigenvalue weighted by molar-refractivity contribution is 5.94. The van der Waals surface area contributed by atoms with Crippen molar-refractivity contribution < 1.29 is 23.5 Å². The van der Waals surface area contributed by atoms with Crippen molar-refractivity contribution >= 4 is 17.9 Å². The molecule has 2 aliphatic heterocycles. The van der Waals surface area contributed by atoms with Crippen LogP contribution in [-0.2, 0) is 9.53 Å². The van der Waals surface area contributed by atoms with Crippen molar-refractivity contribution in [1.29, 1.82) is 0 Å². The predicted molar refractivity (Wildman–Crippen MR) is 126 cm³/mol. The van der Waals surface area contributed by atoms with Crippen molar-refractivity contribution in [3.63, 3.8) is 0 Å². The number of likely N-dealkylation sites (tertiary alicyclic amines) is 1. The minimum absolute atomic E-state index is 0.0892. The monoisotopic (exact) mass is 471 g/mol. The van der Waals surface area contributed by atoms with E-state index < -0.39 is 11.4 Å². The molecule has 1 aromatic carbocycles. The second-order valence-corrected chi connectivity index (χ2v) is 10.6. The lowest BCUT2D eigenvalue weighted by atomic mass is 9.92. The zero-order valence-electron chi connectivity index (χ0n) is 20.2. The zero-order valence-corrected chi connectivity index (χ0v) is 20.2. The zero-order chi connectivity index (χ0) is 24.5. The predicted octanol–water partition coefficient (Wildman–Crippen LogP) is 3.89. The summed E-state index contributed by atoms with van der Waals surface area (Å²) in [7, 11) is 0. The van der Waals surface area contributed by atoms with Gasteiger partial charge in [0.15, 0.2) is 0 Å². The highest BCUT2D eigenvalue weighted by Gasteiger charge is 2.38. The van der Waals surface area contributed by atoms with Crippen LogP contribution in [0.25, 0.3) is 0 Å². The summed E-state index contributed by atoms with van der Waals surface area (Å²) in [6, 6.07) is 5.58. The number of fused-ring (bicyclic) bond motifs is 1. The molecule has 1 unspecified atom stereocenters. The molecule has 0 saturated carbocycles. The van der Waals surface area contributed by atoms with E-state index in [9.17, 15) is 18.8 Å². The van der Waals surface area contributed by atoms with Crippen molar-refractivity contribution in [2.45, 2.75) is 70.6 Å². The number of benzene rings is 1. The average molecular weight is 472 g/mol. The first kappa shape index (κ1) is 24.2. The number of ether oxygens (including phenoxy) is 1. The number of rotatable bonds is 3. The van der Waals surface area contributed by atoms with E-state index in [0.29, 0.717) is 26.1 Å². The molecule has 1 aliphatic carbocycles. The number of amides is 3. The first-order valence-electron chi connectivity index (χ1n) is 12.1. The van der Waals surface area contributed by atoms with Crippen LogP contribution < -0.4 is 5.32 Å². The average Bonchev–Trinajstić information content (AvgIpc) is 2.95. The second kappa shape index (κ2) is 9.76. The maximum Gasteiger partial charge on any atom is 0.410 e. The van der Waals surface area contributed by atoms with E-state index in [4.69, 9.17) is 4.74 Å². The number of nitrogens with one attached hydrogen (secondary N) is 1. The molecule has 3 amide bonds. The molecular formula is C26H34FN3O4. The second-order valence-electron chi connectivity index (χ2n) is 10.6. The van der Waals surface area contributed by atoms with Gasteiger partial charge in [0, 0.05) is 37.3 Å². The Kier molecular flexibility index (Phi) is 6.96. The van der Waals surface area contributed by atoms with Gasteiger partial charge < -0.3 is 19.9 Å². The standard InChI is InChI=1S/C26H34FN3O4/c1-26(2,3)34-25(33)29-11-9-22(10-12-29)30-16-17-7-8-21(15-19(13-17)24(30)32)28-23(31)18-5-4-6-20(27)14-18/h4-6,13-14,19,21-22H,7-12,15-16H2,1-3H3,(H,28,31)/t19-,21?/m0/s1. The third-order valence-corrected chi connectivity index (χ3v) is 6.74. The van der Waals surface area contributed by atoms with Crippen molar-refractivity contribution in [1.82, 2.24) is 15.1 Å². The van der Waals surface area contributed by atoms with Gasteiger partial charge in [-0.3, -0.25) is 9.59 Å². The molecule has 0 spiro atoms. The first-order valence-corrected chi connectivity index (χ1v) is 12.1. The summed E-state index contributed by atoms with van der Waals surface area (Å²) in [4.78, 5) is 42.0. The van der Waals surface area contributed by atoms with Crippen molar-refractivity contribution in [3.8, 4) is 0 Å². The molecule has 0 radical (unpaired) electrons. The molecule has 4 rings (SSSR count). The van der Waals surface area contributed by atoms with Crippen molar-refractivity contribution in [2.24, 2.45) is 5.92 Å². The Morgan fingerprint density at radius 1 is 1.15 bits per heavy atom. The Morgan fingerprint density at radius 3 is 2.56 bits per heavy atom. The lowest BCUT2D eigenvalue weighted by molar-refractivity contribution is -0.137. The lowest BCUT2D eigenvalue weighted by Gasteiger charge is -2.41. The third-order valence-electron chi connectivity index (χ3n) is 6.74. The topological polar surface area (TPSA) is 79.0 Å². The molecule has 2 bridgehead atoms. The minimum atomic E-state index is -0.528. The molecule has 1 aromatic rings. The smallest absolute Gasteiger partial charge is 0.410 e. The quantitative estimate of drug-likeness (QED) is 0.679. The van der Waals surface area contributed by atoms with E-state index in [1.165, 1.54) is 23.8 Å². The Morgan fingerprint density at radius 2 is 1.88 bits per heavy atom. The number of carbonyl (C=O) groups excluding carboxylic acids is 3. The molecule has 7 nitrogen and oxygen atoms in total. The van der Waals surface area contributed by atoms with Crippen LogP contribution in [-0.4, -0.2) is 65.0 Å². The highest BCUT2D eigenvalue weighted by Crippen LogP contribution is 2.32. The molecule has 1 fully saturated rings. The van der Waals surface area contributed by atoms with E-state index in [2.05, 4.69) is 11.4 Å². The largest absolute Gasteiger partial charge is 0.444 e. The van der Waals surface area contributed by atoms with Crippen molar-refractivity contribution in [2.75, 3.05) is 19.6 Å². The summed E-state index contributed by atoms with van der Waals surface area (Å²) in [5.74, 6) is -0.944. The van der Waals surface area contributed by atoms with Crippen LogP contribution in [0.2, 0.25) is 0 Å². The van der Waals surface area contributed by atoms with Crippen LogP contribution in [0.5, 0.6) is 0 Å². The van der Waals surface area contributed by atoms with Gasteiger partial charge in [0.1, 0.15) is 11.4 Å². The summed E-state index contributed by atoms with van der Waals surface area (Å²) in [5.41, 5.74) is 0.981. The van der Waals surface area contributed by atoms with Gasteiger partial charge in [-0.15, -0.1) is 0 Å². The number of halogens is 1. The number of nitrogens with zero attached hydrogens (tertiary/aromatic N) is 2. The van der Waals surface area contributed by atoms with Crippen molar-refractivity contribution in [3.05, 3.63) is 47.3 Å². The van der Waals surface area contributed by atoms with E-state index >= 15 is 0 Å². The highest BCUT2D eigenvalue weighted by atomic mass is 19.1. The molecule has 3 aliphatic rings. The molecular weight excluding hydrogens is 437 g/mol. The Labute approximate surface area is 200 Å². The maximum atomic E-state index is 13.5. The minimum Gasteiger partial charge on any atom is -0.444 e. The maximum absolute atomic E-state index is 13.5. The van der Waals surface area contributed by atoms with Gasteiger partial charge in [-0.25, -0.2) is 9.18 Å². The van der Waals surface area contributed by atoms with E-state index in [-0.39, 0.29) is 41.5 Å². The summed E-state index contributed by atoms with van der Waals surface area (Å²) in [6.07, 6.45) is 5.33. The van der Waals surface area contributed by atoms with Crippen LogP contribution >= 0.6 is 0 Å². The van der Waals surface area contributed by atoms with E-state index in [1.54, 1.807) is 11.0 Å². The summed E-state index contributed by atoms with van der Waals surface area (Å²) < 4.78 is 19.0. The molecule has 0 aromatic heterocycles. The first-order chi connectivity index (χ1) is 16.1. The van der Waals surface area contributed by atoms with Gasteiger partial charge in [0.05, 0.1) is 5.92 Å². The molecule has 2 atom stereocenters. The molecule has 1 saturated heterocycles. The molecule has 8 heteroatoms. The fraction of sp³-hybridized carbons (Fsp3) is 0.577. The molecule has 184 valence electrons. The Hall–Kier alpha value is -2.90. The van der Waals surface area contributed by atoms with Gasteiger partial charge in [-0.05, 0) is 71.1 Å². The number of hydrogen-bond donors (Lipinski definition) is 1. The van der Waals surface area contributed by atoms with Gasteiger partial charge in [0.2, 0.25) is 5.91 Å². The normalized spacial score (nSPS) is 23.8. The fourth-order valence-electron chi connectivity index (χ4n) is 5.06. The van der Waals surface area contributed by atoms with Crippen LogP contribution in [0, 0.1) is 11.7 Å². The van der Waals surface area contributed by atoms with Gasteiger partial charge in [-0.2, -0.15) is 0 Å². The lowest BCUT2D eigenvalue weighted by Crippen LogP contribution is -2.52. The number of hydrogen-bond acceptors (Lipinski definition) is 4. The SMILES string of the molecule is CC(C)(C)OC(=O)N1CCC(N2CC3=C[C@@H](CC(NC(=O)c4cccc(F)c4)CC3)C2=O)CC1. The number of carbonyl (C=O) groups is 3. The molecule has 2 heterocycles. The van der Waals surface area contributed by atoms with Crippen LogP contribution in [0.4, 0.5) is 9.18 Å². The summed E-state index contributed by atoms with van der Waals surface area (Å²) in [6.45, 7) is 7.31. The third kappa shape index (κ3) is 5.77. The molecule has 34 heavy (non-hydrogen) atoms.